The topological polar surface area (TPSA) is 104 Å². The predicted octanol–water partition coefficient (Wildman–Crippen LogP) is 2.70. The number of pyridine rings is 1. The number of nitrogens with one attached hydrogen (secondary N) is 1. The first-order valence-corrected chi connectivity index (χ1v) is 10.2. The minimum Gasteiger partial charge on any atom is -0.481 e. The minimum atomic E-state index is -0.249. The number of methoxy groups -OCH3 is 1. The van der Waals surface area contributed by atoms with E-state index in [9.17, 15) is 0 Å². The first kappa shape index (κ1) is 18.0. The smallest absolute Gasteiger partial charge is 0.226 e. The third kappa shape index (κ3) is 2.54. The molecule has 3 N–H and O–H groups in total. The number of aromatic nitrogens is 3. The van der Waals surface area contributed by atoms with Crippen LogP contribution in [0.5, 0.6) is 5.88 Å². The van der Waals surface area contributed by atoms with E-state index in [1.54, 1.807) is 24.1 Å². The third-order valence-corrected chi connectivity index (χ3v) is 6.66. The number of anilines is 1. The molecular weight excluding hydrogens is 366 g/mol. The molecule has 2 aliphatic carbocycles. The second-order valence-corrected chi connectivity index (χ2v) is 8.21. The summed E-state index contributed by atoms with van der Waals surface area (Å²) in [7, 11) is 1.60. The standard InChI is InChI=1S/C21H25N7O/c1-13-10-21(13)20(23)27(12-22)16-11-25-18(14-7-8-24-17(9-14)29-2)26-19(16)28(21)15-5-3-4-6-15/h7-9,11-13,15,22-23H,3-6,10H2,1-2H3/p+1/t13-,21-/m1/s1. The van der Waals surface area contributed by atoms with E-state index in [4.69, 9.17) is 20.9 Å². The number of rotatable bonds is 4. The summed E-state index contributed by atoms with van der Waals surface area (Å²) in [5, 5.41) is 7.98. The Morgan fingerprint density at radius 2 is 2.10 bits per heavy atom. The molecule has 3 heterocycles. The summed E-state index contributed by atoms with van der Waals surface area (Å²) in [5.41, 5.74) is 8.03. The number of nitrogens with zero attached hydrogens (tertiary/aromatic N) is 5. The zero-order valence-corrected chi connectivity index (χ0v) is 16.8. The molecule has 150 valence electrons. The zero-order valence-electron chi connectivity index (χ0n) is 16.8. The van der Waals surface area contributed by atoms with Crippen molar-refractivity contribution >= 4 is 23.7 Å². The highest BCUT2D eigenvalue weighted by atomic mass is 16.5. The van der Waals surface area contributed by atoms with Gasteiger partial charge in [-0.3, -0.25) is 0 Å². The van der Waals surface area contributed by atoms with Gasteiger partial charge in [0.25, 0.3) is 0 Å². The van der Waals surface area contributed by atoms with Crippen LogP contribution in [-0.4, -0.2) is 50.4 Å². The van der Waals surface area contributed by atoms with E-state index < -0.39 is 0 Å². The van der Waals surface area contributed by atoms with E-state index in [1.807, 2.05) is 12.1 Å². The molecule has 0 amide bonds. The van der Waals surface area contributed by atoms with Crippen LogP contribution in [0.4, 0.5) is 11.5 Å². The molecule has 0 bridgehead atoms. The molecule has 3 aliphatic rings. The van der Waals surface area contributed by atoms with Gasteiger partial charge in [-0.2, -0.15) is 9.98 Å². The Hall–Kier alpha value is -3.03. The number of amidine groups is 1. The average Bonchev–Trinajstić information content (AvgIpc) is 3.14. The first-order chi connectivity index (χ1) is 14.1. The van der Waals surface area contributed by atoms with Crippen molar-refractivity contribution in [3.05, 3.63) is 24.5 Å². The van der Waals surface area contributed by atoms with E-state index in [-0.39, 0.29) is 5.54 Å². The normalized spacial score (nSPS) is 26.0. The molecule has 2 fully saturated rings. The van der Waals surface area contributed by atoms with Crippen molar-refractivity contribution in [1.82, 2.24) is 15.0 Å². The number of nitrogens with two attached hydrogens (primary N) is 1. The number of hydrogen-bond acceptors (Lipinski definition) is 7. The second kappa shape index (κ2) is 6.50. The summed E-state index contributed by atoms with van der Waals surface area (Å²) in [6.45, 7) is 2.23. The maximum Gasteiger partial charge on any atom is 0.226 e. The van der Waals surface area contributed by atoms with Crippen molar-refractivity contribution in [2.45, 2.75) is 50.6 Å². The van der Waals surface area contributed by atoms with Crippen LogP contribution in [0.1, 0.15) is 39.0 Å². The monoisotopic (exact) mass is 392 g/mol. The molecule has 1 aliphatic heterocycles. The van der Waals surface area contributed by atoms with Gasteiger partial charge >= 0.3 is 0 Å². The predicted molar refractivity (Wildman–Crippen MR) is 111 cm³/mol. The van der Waals surface area contributed by atoms with Crippen LogP contribution in [0.15, 0.2) is 24.5 Å². The average molecular weight is 392 g/mol. The van der Waals surface area contributed by atoms with Crippen LogP contribution in [-0.2, 0) is 0 Å². The summed E-state index contributed by atoms with van der Waals surface area (Å²) >= 11 is 0. The molecule has 2 saturated carbocycles. The molecule has 2 aromatic rings. The summed E-state index contributed by atoms with van der Waals surface area (Å²) in [4.78, 5) is 16.2. The maximum atomic E-state index is 7.98. The molecule has 5 rings (SSSR count). The Morgan fingerprint density at radius 1 is 1.34 bits per heavy atom. The Balaban J connectivity index is 1.70. The highest BCUT2D eigenvalue weighted by Gasteiger charge is 2.65. The van der Waals surface area contributed by atoms with E-state index in [2.05, 4.69) is 21.8 Å². The lowest BCUT2D eigenvalue weighted by Crippen LogP contribution is -2.58. The molecule has 29 heavy (non-hydrogen) atoms. The Labute approximate surface area is 170 Å². The maximum absolute atomic E-state index is 7.98. The lowest BCUT2D eigenvalue weighted by atomic mass is 10.0. The van der Waals surface area contributed by atoms with Crippen molar-refractivity contribution in [3.8, 4) is 17.3 Å². The molecular formula is C21H26N7O+. The van der Waals surface area contributed by atoms with Crippen molar-refractivity contribution in [2.24, 2.45) is 11.7 Å². The van der Waals surface area contributed by atoms with E-state index in [0.29, 0.717) is 23.7 Å². The molecule has 1 spiro atoms. The molecule has 0 radical (unpaired) electrons. The summed E-state index contributed by atoms with van der Waals surface area (Å²) < 4.78 is 7.01. The van der Waals surface area contributed by atoms with Crippen LogP contribution in [0.2, 0.25) is 0 Å². The molecule has 0 saturated heterocycles. The zero-order chi connectivity index (χ0) is 20.2. The van der Waals surface area contributed by atoms with Crippen LogP contribution >= 0.6 is 0 Å². The fourth-order valence-electron chi connectivity index (χ4n) is 5.06. The molecule has 2 atom stereocenters. The van der Waals surface area contributed by atoms with Gasteiger partial charge in [0.05, 0.1) is 13.3 Å². The molecule has 0 aromatic carbocycles. The van der Waals surface area contributed by atoms with Crippen LogP contribution in [0.25, 0.3) is 11.4 Å². The Morgan fingerprint density at radius 3 is 2.76 bits per heavy atom. The SMILES string of the molecule is COc1cc(-c2ncc3c(n2)N(C2CCCC2)[C@@]2(C[C@H]2C)C(N)=[N+]3C=N)ccn1. The van der Waals surface area contributed by atoms with E-state index >= 15 is 0 Å². The molecule has 8 heteroatoms. The fourth-order valence-corrected chi connectivity index (χ4v) is 5.06. The first-order valence-electron chi connectivity index (χ1n) is 10.2. The largest absolute Gasteiger partial charge is 0.481 e. The minimum absolute atomic E-state index is 0.249. The van der Waals surface area contributed by atoms with Gasteiger partial charge in [0.1, 0.15) is 5.54 Å². The lowest BCUT2D eigenvalue weighted by Gasteiger charge is -2.41. The summed E-state index contributed by atoms with van der Waals surface area (Å²) in [6, 6.07) is 4.14. The number of ether oxygens (including phenoxy) is 1. The van der Waals surface area contributed by atoms with Crippen molar-refractivity contribution in [2.75, 3.05) is 12.0 Å². The highest BCUT2D eigenvalue weighted by Crippen LogP contribution is 2.56. The van der Waals surface area contributed by atoms with Gasteiger partial charge in [0.2, 0.25) is 18.1 Å². The fraction of sp³-hybridized carbons (Fsp3) is 0.476. The Bertz CT molecular complexity index is 1010. The van der Waals surface area contributed by atoms with Gasteiger partial charge in [-0.15, -0.1) is 0 Å². The van der Waals surface area contributed by atoms with Crippen molar-refractivity contribution in [1.29, 1.82) is 5.41 Å². The van der Waals surface area contributed by atoms with Gasteiger partial charge in [-0.25, -0.2) is 15.0 Å². The van der Waals surface area contributed by atoms with Gasteiger partial charge in [0, 0.05) is 23.9 Å². The van der Waals surface area contributed by atoms with Crippen molar-refractivity contribution < 1.29 is 9.31 Å². The number of fused-ring (bicyclic) bond motifs is 1. The summed E-state index contributed by atoms with van der Waals surface area (Å²) in [5.74, 6) is 3.18. The van der Waals surface area contributed by atoms with E-state index in [1.165, 1.54) is 19.2 Å². The molecule has 8 nitrogen and oxygen atoms in total. The number of hydrogen-bond donors (Lipinski definition) is 2. The van der Waals surface area contributed by atoms with Crippen LogP contribution in [0, 0.1) is 11.3 Å². The lowest BCUT2D eigenvalue weighted by molar-refractivity contribution is -0.303. The van der Waals surface area contributed by atoms with E-state index in [0.717, 1.165) is 42.2 Å². The Kier molecular flexibility index (Phi) is 4.04. The molecule has 0 unspecified atom stereocenters. The van der Waals surface area contributed by atoms with Crippen molar-refractivity contribution in [3.63, 3.8) is 0 Å². The third-order valence-electron chi connectivity index (χ3n) is 6.66. The van der Waals surface area contributed by atoms with Gasteiger partial charge in [-0.1, -0.05) is 19.8 Å². The van der Waals surface area contributed by atoms with Crippen LogP contribution < -0.4 is 15.4 Å². The molecule has 2 aromatic heterocycles. The van der Waals surface area contributed by atoms with Crippen LogP contribution in [0.3, 0.4) is 0 Å². The second-order valence-electron chi connectivity index (χ2n) is 8.21. The van der Waals surface area contributed by atoms with Gasteiger partial charge in [-0.05, 0) is 31.2 Å². The summed E-state index contributed by atoms with van der Waals surface area (Å²) in [6.07, 6.45) is 10.5. The van der Waals surface area contributed by atoms with Gasteiger partial charge in [0.15, 0.2) is 17.3 Å². The quantitative estimate of drug-likeness (QED) is 0.471. The highest BCUT2D eigenvalue weighted by molar-refractivity contribution is 5.99. The van der Waals surface area contributed by atoms with Gasteiger partial charge < -0.3 is 15.4 Å².